The number of likely N-dealkylation sites (tertiary alicyclic amines) is 1. The molecule has 19 heavy (non-hydrogen) atoms. The summed E-state index contributed by atoms with van der Waals surface area (Å²) in [4.78, 5) is 15.8. The van der Waals surface area contributed by atoms with Gasteiger partial charge in [-0.05, 0) is 18.5 Å². The summed E-state index contributed by atoms with van der Waals surface area (Å²) in [5.41, 5.74) is 1.34. The van der Waals surface area contributed by atoms with Gasteiger partial charge in [0.2, 0.25) is 0 Å². The van der Waals surface area contributed by atoms with Crippen LogP contribution in [0, 0.1) is 0 Å². The van der Waals surface area contributed by atoms with Crippen LogP contribution in [0.25, 0.3) is 0 Å². The van der Waals surface area contributed by atoms with E-state index in [9.17, 15) is 4.79 Å². The number of nitrogens with zero attached hydrogens (tertiary/aromatic N) is 4. The van der Waals surface area contributed by atoms with Crippen LogP contribution in [-0.4, -0.2) is 64.9 Å². The first kappa shape index (κ1) is 12.5. The van der Waals surface area contributed by atoms with E-state index >= 15 is 0 Å². The van der Waals surface area contributed by atoms with Gasteiger partial charge in [0.05, 0.1) is 6.20 Å². The van der Waals surface area contributed by atoms with Crippen molar-refractivity contribution < 1.29 is 4.79 Å². The molecule has 104 valence electrons. The van der Waals surface area contributed by atoms with Crippen LogP contribution >= 0.6 is 0 Å². The Morgan fingerprint density at radius 3 is 3.00 bits per heavy atom. The average Bonchev–Trinajstić information content (AvgIpc) is 3.08. The third-order valence-corrected chi connectivity index (χ3v) is 4.10. The van der Waals surface area contributed by atoms with E-state index in [-0.39, 0.29) is 6.03 Å². The smallest absolute Gasteiger partial charge is 0.317 e. The molecule has 1 aromatic heterocycles. The molecule has 6 nitrogen and oxygen atoms in total. The maximum Gasteiger partial charge on any atom is 0.317 e. The molecule has 2 saturated heterocycles. The molecule has 0 radical (unpaired) electrons. The standard InChI is InChI=1S/C13H21N5O/c1-16-9-12(8-15-16)11-2-4-17(10-11)6-7-18-5-3-14-13(18)19/h8-9,11H,2-7,10H2,1H3,(H,14,19). The molecule has 0 spiro atoms. The van der Waals surface area contributed by atoms with E-state index in [1.807, 2.05) is 22.8 Å². The maximum atomic E-state index is 11.5. The minimum absolute atomic E-state index is 0.0861. The Labute approximate surface area is 113 Å². The van der Waals surface area contributed by atoms with Crippen LogP contribution in [0.5, 0.6) is 0 Å². The predicted molar refractivity (Wildman–Crippen MR) is 72.0 cm³/mol. The number of rotatable bonds is 4. The Bertz CT molecular complexity index is 458. The lowest BCUT2D eigenvalue weighted by Gasteiger charge is -2.20. The van der Waals surface area contributed by atoms with Crippen LogP contribution in [0.1, 0.15) is 17.9 Å². The molecule has 0 bridgehead atoms. The van der Waals surface area contributed by atoms with Gasteiger partial charge >= 0.3 is 6.03 Å². The van der Waals surface area contributed by atoms with E-state index in [1.54, 1.807) is 0 Å². The van der Waals surface area contributed by atoms with E-state index in [4.69, 9.17) is 0 Å². The van der Waals surface area contributed by atoms with Gasteiger partial charge < -0.3 is 15.1 Å². The highest BCUT2D eigenvalue weighted by Crippen LogP contribution is 2.26. The number of nitrogens with one attached hydrogen (secondary N) is 1. The minimum atomic E-state index is 0.0861. The molecule has 3 rings (SSSR count). The van der Waals surface area contributed by atoms with Gasteiger partial charge in [0.25, 0.3) is 0 Å². The van der Waals surface area contributed by atoms with Crippen molar-refractivity contribution in [1.29, 1.82) is 0 Å². The van der Waals surface area contributed by atoms with Gasteiger partial charge in [-0.1, -0.05) is 0 Å². The monoisotopic (exact) mass is 263 g/mol. The number of hydrogen-bond donors (Lipinski definition) is 1. The van der Waals surface area contributed by atoms with Crippen molar-refractivity contribution in [2.45, 2.75) is 12.3 Å². The number of carbonyl (C=O) groups excluding carboxylic acids is 1. The van der Waals surface area contributed by atoms with Gasteiger partial charge in [-0.2, -0.15) is 5.10 Å². The highest BCUT2D eigenvalue weighted by molar-refractivity contribution is 5.76. The normalized spacial score (nSPS) is 24.2. The molecule has 2 aliphatic heterocycles. The van der Waals surface area contributed by atoms with Crippen LogP contribution in [0.15, 0.2) is 12.4 Å². The van der Waals surface area contributed by atoms with Crippen LogP contribution < -0.4 is 5.32 Å². The molecule has 1 atom stereocenters. The molecule has 1 unspecified atom stereocenters. The first-order valence-electron chi connectivity index (χ1n) is 6.96. The van der Waals surface area contributed by atoms with Crippen molar-refractivity contribution in [2.24, 2.45) is 7.05 Å². The number of aryl methyl sites for hydroxylation is 1. The summed E-state index contributed by atoms with van der Waals surface area (Å²) in [6.07, 6.45) is 5.28. The Morgan fingerprint density at radius 2 is 2.32 bits per heavy atom. The minimum Gasteiger partial charge on any atom is -0.336 e. The third-order valence-electron chi connectivity index (χ3n) is 4.10. The lowest BCUT2D eigenvalue weighted by atomic mass is 10.0. The van der Waals surface area contributed by atoms with Gasteiger partial charge in [0.1, 0.15) is 0 Å². The second-order valence-electron chi connectivity index (χ2n) is 5.45. The van der Waals surface area contributed by atoms with E-state index in [1.165, 1.54) is 12.0 Å². The summed E-state index contributed by atoms with van der Waals surface area (Å²) < 4.78 is 1.87. The van der Waals surface area contributed by atoms with E-state index in [2.05, 4.69) is 21.5 Å². The first-order valence-corrected chi connectivity index (χ1v) is 6.96. The second-order valence-corrected chi connectivity index (χ2v) is 5.45. The van der Waals surface area contributed by atoms with Gasteiger partial charge in [-0.15, -0.1) is 0 Å². The Kier molecular flexibility index (Phi) is 3.42. The Hall–Kier alpha value is -1.56. The number of hydrogen-bond acceptors (Lipinski definition) is 3. The molecule has 0 aromatic carbocycles. The molecule has 2 aliphatic rings. The summed E-state index contributed by atoms with van der Waals surface area (Å²) in [5, 5.41) is 7.08. The molecule has 0 aliphatic carbocycles. The molecule has 0 saturated carbocycles. The van der Waals surface area contributed by atoms with Gasteiger partial charge in [0.15, 0.2) is 0 Å². The van der Waals surface area contributed by atoms with Crippen molar-refractivity contribution >= 4 is 6.03 Å². The van der Waals surface area contributed by atoms with E-state index in [0.717, 1.165) is 39.3 Å². The second kappa shape index (κ2) is 5.21. The number of urea groups is 1. The quantitative estimate of drug-likeness (QED) is 0.846. The topological polar surface area (TPSA) is 53.4 Å². The lowest BCUT2D eigenvalue weighted by Crippen LogP contribution is -2.36. The summed E-state index contributed by atoms with van der Waals surface area (Å²) in [6.45, 7) is 5.65. The van der Waals surface area contributed by atoms with Crippen molar-refractivity contribution in [2.75, 3.05) is 39.3 Å². The molecule has 2 amide bonds. The van der Waals surface area contributed by atoms with E-state index < -0.39 is 0 Å². The van der Waals surface area contributed by atoms with Gasteiger partial charge in [0, 0.05) is 51.9 Å². The Morgan fingerprint density at radius 1 is 1.42 bits per heavy atom. The summed E-state index contributed by atoms with van der Waals surface area (Å²) in [6, 6.07) is 0.0861. The fourth-order valence-electron chi connectivity index (χ4n) is 2.95. The summed E-state index contributed by atoms with van der Waals surface area (Å²) >= 11 is 0. The average molecular weight is 263 g/mol. The zero-order valence-corrected chi connectivity index (χ0v) is 11.4. The summed E-state index contributed by atoms with van der Waals surface area (Å²) in [7, 11) is 1.96. The largest absolute Gasteiger partial charge is 0.336 e. The van der Waals surface area contributed by atoms with Crippen molar-refractivity contribution in [1.82, 2.24) is 24.9 Å². The van der Waals surface area contributed by atoms with Crippen LogP contribution in [0.2, 0.25) is 0 Å². The molecular weight excluding hydrogens is 242 g/mol. The van der Waals surface area contributed by atoms with Crippen molar-refractivity contribution in [3.8, 4) is 0 Å². The fourth-order valence-corrected chi connectivity index (χ4v) is 2.95. The van der Waals surface area contributed by atoms with Gasteiger partial charge in [-0.3, -0.25) is 4.68 Å². The summed E-state index contributed by atoms with van der Waals surface area (Å²) in [5.74, 6) is 0.598. The zero-order chi connectivity index (χ0) is 13.2. The van der Waals surface area contributed by atoms with Crippen LogP contribution in [0.3, 0.4) is 0 Å². The third kappa shape index (κ3) is 2.73. The number of aromatic nitrogens is 2. The molecule has 1 aromatic rings. The lowest BCUT2D eigenvalue weighted by molar-refractivity contribution is 0.208. The molecular formula is C13H21N5O. The zero-order valence-electron chi connectivity index (χ0n) is 11.4. The number of amides is 2. The Balaban J connectivity index is 1.48. The molecule has 2 fully saturated rings. The van der Waals surface area contributed by atoms with E-state index in [0.29, 0.717) is 5.92 Å². The predicted octanol–water partition coefficient (Wildman–Crippen LogP) is 0.235. The first-order chi connectivity index (χ1) is 9.22. The van der Waals surface area contributed by atoms with Crippen molar-refractivity contribution in [3.05, 3.63) is 18.0 Å². The fraction of sp³-hybridized carbons (Fsp3) is 0.692. The molecule has 1 N–H and O–H groups in total. The highest BCUT2D eigenvalue weighted by atomic mass is 16.2. The molecule has 6 heteroatoms. The van der Waals surface area contributed by atoms with Crippen LogP contribution in [-0.2, 0) is 7.05 Å². The SMILES string of the molecule is Cn1cc(C2CCN(CCN3CCNC3=O)C2)cn1. The highest BCUT2D eigenvalue weighted by Gasteiger charge is 2.26. The van der Waals surface area contributed by atoms with Crippen molar-refractivity contribution in [3.63, 3.8) is 0 Å². The maximum absolute atomic E-state index is 11.5. The van der Waals surface area contributed by atoms with Crippen LogP contribution in [0.4, 0.5) is 4.79 Å². The van der Waals surface area contributed by atoms with Gasteiger partial charge in [-0.25, -0.2) is 4.79 Å². The number of carbonyl (C=O) groups is 1. The molecule has 3 heterocycles.